The maximum Gasteiger partial charge on any atom is 0.329 e. The average Bonchev–Trinajstić information content (AvgIpc) is 2.93. The van der Waals surface area contributed by atoms with E-state index in [1.165, 1.54) is 6.20 Å². The van der Waals surface area contributed by atoms with E-state index in [4.69, 9.17) is 0 Å². The van der Waals surface area contributed by atoms with E-state index in [2.05, 4.69) is 20.3 Å². The quantitative estimate of drug-likeness (QED) is 0.647. The van der Waals surface area contributed by atoms with Crippen LogP contribution in [0.3, 0.4) is 0 Å². The Bertz CT molecular complexity index is 654. The van der Waals surface area contributed by atoms with Gasteiger partial charge in [-0.05, 0) is 0 Å². The van der Waals surface area contributed by atoms with Crippen LogP contribution < -0.4 is 10.2 Å². The van der Waals surface area contributed by atoms with E-state index in [1.807, 2.05) is 15.7 Å². The molecule has 0 saturated carbocycles. The molecule has 0 bridgehead atoms. The highest BCUT2D eigenvalue weighted by Crippen LogP contribution is 2.28. The predicted molar refractivity (Wildman–Crippen MR) is 71.5 cm³/mol. The van der Waals surface area contributed by atoms with Gasteiger partial charge in [0.25, 0.3) is 0 Å². The summed E-state index contributed by atoms with van der Waals surface area (Å²) >= 11 is 0. The van der Waals surface area contributed by atoms with Gasteiger partial charge in [-0.3, -0.25) is 10.1 Å². The molecule has 0 radical (unpaired) electrons. The number of nitrogens with zero attached hydrogens (tertiary/aromatic N) is 6. The second-order valence-corrected chi connectivity index (χ2v) is 4.37. The van der Waals surface area contributed by atoms with Crippen LogP contribution >= 0.6 is 0 Å². The lowest BCUT2D eigenvalue weighted by molar-refractivity contribution is -0.384. The van der Waals surface area contributed by atoms with E-state index in [9.17, 15) is 10.1 Å². The van der Waals surface area contributed by atoms with Crippen LogP contribution in [0.15, 0.2) is 18.6 Å². The SMILES string of the molecule is CNc1ncc([N+](=O)[O-])c(N2CCn3ccnc3C2)n1. The van der Waals surface area contributed by atoms with E-state index in [-0.39, 0.29) is 5.69 Å². The third kappa shape index (κ3) is 2.02. The van der Waals surface area contributed by atoms with Crippen molar-refractivity contribution >= 4 is 17.5 Å². The van der Waals surface area contributed by atoms with Crippen molar-refractivity contribution in [2.24, 2.45) is 0 Å². The molecular formula is C11H13N7O2. The van der Waals surface area contributed by atoms with Crippen LogP contribution in [0, 0.1) is 10.1 Å². The van der Waals surface area contributed by atoms with Gasteiger partial charge >= 0.3 is 5.69 Å². The van der Waals surface area contributed by atoms with Crippen LogP contribution in [0.1, 0.15) is 5.82 Å². The summed E-state index contributed by atoms with van der Waals surface area (Å²) in [5.74, 6) is 1.55. The van der Waals surface area contributed by atoms with Gasteiger partial charge in [0.15, 0.2) is 0 Å². The van der Waals surface area contributed by atoms with Crippen molar-refractivity contribution in [3.8, 4) is 0 Å². The Morgan fingerprint density at radius 1 is 1.40 bits per heavy atom. The van der Waals surface area contributed by atoms with Crippen molar-refractivity contribution in [3.63, 3.8) is 0 Å². The van der Waals surface area contributed by atoms with Crippen molar-refractivity contribution < 1.29 is 4.92 Å². The third-order valence-corrected chi connectivity index (χ3v) is 3.21. The first-order valence-corrected chi connectivity index (χ1v) is 6.13. The number of nitro groups is 1. The Kier molecular flexibility index (Phi) is 2.93. The van der Waals surface area contributed by atoms with Gasteiger partial charge in [0.05, 0.1) is 11.5 Å². The molecule has 20 heavy (non-hydrogen) atoms. The normalized spacial score (nSPS) is 13.9. The van der Waals surface area contributed by atoms with Crippen molar-refractivity contribution in [2.45, 2.75) is 13.1 Å². The Morgan fingerprint density at radius 2 is 2.25 bits per heavy atom. The zero-order valence-corrected chi connectivity index (χ0v) is 10.9. The van der Waals surface area contributed by atoms with E-state index < -0.39 is 4.92 Å². The average molecular weight is 275 g/mol. The predicted octanol–water partition coefficient (Wildman–Crippen LogP) is 0.643. The van der Waals surface area contributed by atoms with Crippen LogP contribution in [0.2, 0.25) is 0 Å². The molecule has 0 atom stereocenters. The van der Waals surface area contributed by atoms with E-state index in [1.54, 1.807) is 13.2 Å². The van der Waals surface area contributed by atoms with Crippen LogP contribution in [0.4, 0.5) is 17.5 Å². The molecule has 2 aromatic rings. The van der Waals surface area contributed by atoms with Crippen LogP contribution in [-0.2, 0) is 13.1 Å². The maximum atomic E-state index is 11.1. The minimum atomic E-state index is -0.462. The summed E-state index contributed by atoms with van der Waals surface area (Å²) in [4.78, 5) is 24.9. The minimum absolute atomic E-state index is 0.0935. The first-order chi connectivity index (χ1) is 9.69. The summed E-state index contributed by atoms with van der Waals surface area (Å²) in [7, 11) is 1.67. The van der Waals surface area contributed by atoms with Crippen molar-refractivity contribution in [1.82, 2.24) is 19.5 Å². The van der Waals surface area contributed by atoms with Crippen molar-refractivity contribution in [2.75, 3.05) is 23.8 Å². The molecule has 1 aliphatic heterocycles. The van der Waals surface area contributed by atoms with Gasteiger partial charge in [-0.15, -0.1) is 0 Å². The first-order valence-electron chi connectivity index (χ1n) is 6.13. The molecule has 9 nitrogen and oxygen atoms in total. The molecule has 104 valence electrons. The lowest BCUT2D eigenvalue weighted by Crippen LogP contribution is -2.34. The molecule has 9 heteroatoms. The fourth-order valence-electron chi connectivity index (χ4n) is 2.20. The number of hydrogen-bond acceptors (Lipinski definition) is 7. The molecule has 0 spiro atoms. The molecule has 1 N–H and O–H groups in total. The molecule has 3 heterocycles. The summed E-state index contributed by atoms with van der Waals surface area (Å²) in [6, 6.07) is 0. The maximum absolute atomic E-state index is 11.1. The summed E-state index contributed by atoms with van der Waals surface area (Å²) in [6.07, 6.45) is 4.86. The second-order valence-electron chi connectivity index (χ2n) is 4.37. The monoisotopic (exact) mass is 275 g/mol. The topological polar surface area (TPSA) is 102 Å². The fourth-order valence-corrected chi connectivity index (χ4v) is 2.20. The van der Waals surface area contributed by atoms with E-state index >= 15 is 0 Å². The van der Waals surface area contributed by atoms with Crippen LogP contribution in [-0.4, -0.2) is 38.0 Å². The minimum Gasteiger partial charge on any atom is -0.357 e. The van der Waals surface area contributed by atoms with Gasteiger partial charge in [-0.2, -0.15) is 4.98 Å². The number of hydrogen-bond donors (Lipinski definition) is 1. The molecule has 0 amide bonds. The number of aromatic nitrogens is 4. The molecule has 1 aliphatic rings. The number of fused-ring (bicyclic) bond motifs is 1. The van der Waals surface area contributed by atoms with E-state index in [0.29, 0.717) is 24.9 Å². The number of nitrogens with one attached hydrogen (secondary N) is 1. The molecule has 0 fully saturated rings. The van der Waals surface area contributed by atoms with Gasteiger partial charge < -0.3 is 14.8 Å². The molecule has 0 aliphatic carbocycles. The standard InChI is InChI=1S/C11H13N7O2/c1-12-11-14-6-8(18(19)20)10(15-11)17-5-4-16-3-2-13-9(16)7-17/h2-3,6H,4-5,7H2,1H3,(H,12,14,15). The molecule has 0 saturated heterocycles. The molecule has 3 rings (SSSR count). The molecule has 2 aromatic heterocycles. The fraction of sp³-hybridized carbons (Fsp3) is 0.364. The van der Waals surface area contributed by atoms with Gasteiger partial charge in [0.1, 0.15) is 12.0 Å². The van der Waals surface area contributed by atoms with Gasteiger partial charge in [-0.25, -0.2) is 9.97 Å². The van der Waals surface area contributed by atoms with E-state index in [0.717, 1.165) is 12.4 Å². The lowest BCUT2D eigenvalue weighted by Gasteiger charge is -2.28. The van der Waals surface area contributed by atoms with Crippen molar-refractivity contribution in [3.05, 3.63) is 34.5 Å². The molecule has 0 unspecified atom stereocenters. The largest absolute Gasteiger partial charge is 0.357 e. The van der Waals surface area contributed by atoms with Gasteiger partial charge in [0, 0.05) is 32.5 Å². The highest BCUT2D eigenvalue weighted by Gasteiger charge is 2.26. The Morgan fingerprint density at radius 3 is 3.00 bits per heavy atom. The Labute approximate surface area is 114 Å². The summed E-state index contributed by atoms with van der Waals surface area (Å²) < 4.78 is 2.03. The highest BCUT2D eigenvalue weighted by molar-refractivity contribution is 5.59. The number of imidazole rings is 1. The van der Waals surface area contributed by atoms with Crippen molar-refractivity contribution in [1.29, 1.82) is 0 Å². The third-order valence-electron chi connectivity index (χ3n) is 3.21. The van der Waals surface area contributed by atoms with Crippen LogP contribution in [0.5, 0.6) is 0 Å². The van der Waals surface area contributed by atoms with Gasteiger partial charge in [-0.1, -0.05) is 0 Å². The number of rotatable bonds is 3. The Balaban J connectivity index is 1.99. The molecular weight excluding hydrogens is 262 g/mol. The zero-order valence-electron chi connectivity index (χ0n) is 10.9. The first kappa shape index (κ1) is 12.3. The Hall–Kier alpha value is -2.71. The van der Waals surface area contributed by atoms with Crippen LogP contribution in [0.25, 0.3) is 0 Å². The highest BCUT2D eigenvalue weighted by atomic mass is 16.6. The summed E-state index contributed by atoms with van der Waals surface area (Å²) in [5, 5.41) is 13.9. The summed E-state index contributed by atoms with van der Waals surface area (Å²) in [6.45, 7) is 1.86. The second kappa shape index (κ2) is 4.76. The smallest absolute Gasteiger partial charge is 0.329 e. The lowest BCUT2D eigenvalue weighted by atomic mass is 10.3. The van der Waals surface area contributed by atoms with Gasteiger partial charge in [0.2, 0.25) is 11.8 Å². The molecule has 0 aromatic carbocycles. The summed E-state index contributed by atoms with van der Waals surface area (Å²) in [5.41, 5.74) is -0.0935. The zero-order chi connectivity index (χ0) is 14.1. The number of anilines is 2.